The molecule has 3 aromatic rings. The molecule has 1 unspecified atom stereocenters. The Morgan fingerprint density at radius 3 is 2.43 bits per heavy atom. The maximum absolute atomic E-state index is 12.9. The van der Waals surface area contributed by atoms with Gasteiger partial charge in [-0.05, 0) is 72.0 Å². The quantitative estimate of drug-likeness (QED) is 0.456. The van der Waals surface area contributed by atoms with Gasteiger partial charge in [-0.1, -0.05) is 30.3 Å². The average Bonchev–Trinajstić information content (AvgIpc) is 3.11. The lowest BCUT2D eigenvalue weighted by molar-refractivity contribution is -0.115. The molecule has 1 aliphatic rings. The van der Waals surface area contributed by atoms with Crippen molar-refractivity contribution in [2.75, 3.05) is 16.4 Å². The van der Waals surface area contributed by atoms with Gasteiger partial charge in [0.25, 0.3) is 0 Å². The standard InChI is InChI=1S/C24H21FN2O2S/c1-15(30-14-23(28)26-19-10-7-18(25)8-11-19)24(29)27-20-9-6-17-12-16-4-2-3-5-21(16)22(17)13-20/h2-11,13,15H,12,14H2,1H3,(H,26,28)(H,27,29). The van der Waals surface area contributed by atoms with Crippen molar-refractivity contribution >= 4 is 35.0 Å². The molecule has 0 aliphatic heterocycles. The second kappa shape index (κ2) is 8.71. The predicted octanol–water partition coefficient (Wildman–Crippen LogP) is 5.10. The molecular weight excluding hydrogens is 399 g/mol. The molecule has 0 fully saturated rings. The minimum Gasteiger partial charge on any atom is -0.325 e. The summed E-state index contributed by atoms with van der Waals surface area (Å²) in [5, 5.41) is 5.24. The molecule has 1 atom stereocenters. The van der Waals surface area contributed by atoms with Crippen molar-refractivity contribution in [3.63, 3.8) is 0 Å². The number of carbonyl (C=O) groups is 2. The van der Waals surface area contributed by atoms with Gasteiger partial charge in [0, 0.05) is 11.4 Å². The van der Waals surface area contributed by atoms with Crippen LogP contribution in [-0.2, 0) is 16.0 Å². The van der Waals surface area contributed by atoms with E-state index in [0.29, 0.717) is 5.69 Å². The average molecular weight is 421 g/mol. The van der Waals surface area contributed by atoms with E-state index in [1.54, 1.807) is 6.92 Å². The van der Waals surface area contributed by atoms with Gasteiger partial charge in [-0.15, -0.1) is 11.8 Å². The van der Waals surface area contributed by atoms with Crippen LogP contribution in [0.2, 0.25) is 0 Å². The summed E-state index contributed by atoms with van der Waals surface area (Å²) in [6.07, 6.45) is 0.912. The second-order valence-electron chi connectivity index (χ2n) is 7.20. The van der Waals surface area contributed by atoms with Crippen LogP contribution in [0.25, 0.3) is 11.1 Å². The van der Waals surface area contributed by atoms with Gasteiger partial charge < -0.3 is 10.6 Å². The number of thioether (sulfide) groups is 1. The number of benzene rings is 3. The lowest BCUT2D eigenvalue weighted by atomic mass is 10.1. The van der Waals surface area contributed by atoms with Crippen LogP contribution >= 0.6 is 11.8 Å². The van der Waals surface area contributed by atoms with Crippen LogP contribution in [0.4, 0.5) is 15.8 Å². The molecule has 0 saturated carbocycles. The number of hydrogen-bond donors (Lipinski definition) is 2. The van der Waals surface area contributed by atoms with Gasteiger partial charge in [0.2, 0.25) is 11.8 Å². The first-order valence-corrected chi connectivity index (χ1v) is 10.7. The minimum atomic E-state index is -0.399. The molecule has 4 rings (SSSR count). The zero-order chi connectivity index (χ0) is 21.1. The van der Waals surface area contributed by atoms with E-state index in [9.17, 15) is 14.0 Å². The number of anilines is 2. The van der Waals surface area contributed by atoms with Crippen LogP contribution in [0.5, 0.6) is 0 Å². The largest absolute Gasteiger partial charge is 0.325 e. The van der Waals surface area contributed by atoms with E-state index >= 15 is 0 Å². The van der Waals surface area contributed by atoms with E-state index < -0.39 is 5.25 Å². The lowest BCUT2D eigenvalue weighted by Gasteiger charge is -2.13. The Bertz CT molecular complexity index is 1100. The van der Waals surface area contributed by atoms with Crippen molar-refractivity contribution in [1.29, 1.82) is 0 Å². The Balaban J connectivity index is 1.32. The fourth-order valence-electron chi connectivity index (χ4n) is 3.45. The summed E-state index contributed by atoms with van der Waals surface area (Å²) in [5.74, 6) is -0.618. The molecule has 0 saturated heterocycles. The van der Waals surface area contributed by atoms with Crippen LogP contribution < -0.4 is 10.6 Å². The maximum atomic E-state index is 12.9. The molecule has 2 amide bonds. The number of nitrogens with one attached hydrogen (secondary N) is 2. The molecule has 2 N–H and O–H groups in total. The number of amides is 2. The fraction of sp³-hybridized carbons (Fsp3) is 0.167. The molecule has 6 heteroatoms. The van der Waals surface area contributed by atoms with Crippen molar-refractivity contribution in [1.82, 2.24) is 0 Å². The zero-order valence-electron chi connectivity index (χ0n) is 16.4. The number of carbonyl (C=O) groups excluding carboxylic acids is 2. The fourth-order valence-corrected chi connectivity index (χ4v) is 4.14. The molecule has 152 valence electrons. The molecule has 0 radical (unpaired) electrons. The van der Waals surface area contributed by atoms with Crippen molar-refractivity contribution in [3.8, 4) is 11.1 Å². The van der Waals surface area contributed by atoms with Gasteiger partial charge in [0.1, 0.15) is 5.82 Å². The van der Waals surface area contributed by atoms with E-state index in [1.165, 1.54) is 52.7 Å². The van der Waals surface area contributed by atoms with Crippen LogP contribution in [-0.4, -0.2) is 22.8 Å². The first-order valence-electron chi connectivity index (χ1n) is 9.69. The summed E-state index contributed by atoms with van der Waals surface area (Å²) < 4.78 is 12.9. The maximum Gasteiger partial charge on any atom is 0.237 e. The summed E-state index contributed by atoms with van der Waals surface area (Å²) in [7, 11) is 0. The topological polar surface area (TPSA) is 58.2 Å². The third-order valence-electron chi connectivity index (χ3n) is 5.03. The third kappa shape index (κ3) is 4.54. The molecule has 1 aliphatic carbocycles. The zero-order valence-corrected chi connectivity index (χ0v) is 17.3. The molecule has 30 heavy (non-hydrogen) atoms. The van der Waals surface area contributed by atoms with Crippen LogP contribution in [0.3, 0.4) is 0 Å². The Labute approximate surface area is 178 Å². The third-order valence-corrected chi connectivity index (χ3v) is 6.17. The van der Waals surface area contributed by atoms with Crippen LogP contribution in [0.15, 0.2) is 66.7 Å². The summed E-state index contributed by atoms with van der Waals surface area (Å²) >= 11 is 1.25. The molecule has 0 spiro atoms. The van der Waals surface area contributed by atoms with Crippen LogP contribution in [0, 0.1) is 5.82 Å². The number of rotatable bonds is 6. The first kappa shape index (κ1) is 20.2. The summed E-state index contributed by atoms with van der Waals surface area (Å²) in [4.78, 5) is 24.6. The van der Waals surface area contributed by atoms with Crippen molar-refractivity contribution in [2.24, 2.45) is 0 Å². The normalized spacial score (nSPS) is 12.6. The molecule has 4 nitrogen and oxygen atoms in total. The van der Waals surface area contributed by atoms with Gasteiger partial charge in [0.15, 0.2) is 0 Å². The highest BCUT2D eigenvalue weighted by atomic mass is 32.2. The van der Waals surface area contributed by atoms with Crippen LogP contribution in [0.1, 0.15) is 18.1 Å². The van der Waals surface area contributed by atoms with E-state index in [2.05, 4.69) is 28.8 Å². The van der Waals surface area contributed by atoms with Crippen molar-refractivity contribution < 1.29 is 14.0 Å². The smallest absolute Gasteiger partial charge is 0.237 e. The van der Waals surface area contributed by atoms with Crippen molar-refractivity contribution in [2.45, 2.75) is 18.6 Å². The van der Waals surface area contributed by atoms with E-state index in [0.717, 1.165) is 17.7 Å². The van der Waals surface area contributed by atoms with E-state index in [1.807, 2.05) is 24.3 Å². The highest BCUT2D eigenvalue weighted by Gasteiger charge is 2.20. The summed E-state index contributed by atoms with van der Waals surface area (Å²) in [5.41, 5.74) is 6.20. The SMILES string of the molecule is CC(SCC(=O)Nc1ccc(F)cc1)C(=O)Nc1ccc2c(c1)-c1ccccc1C2. The van der Waals surface area contributed by atoms with E-state index in [4.69, 9.17) is 0 Å². The van der Waals surface area contributed by atoms with Gasteiger partial charge >= 0.3 is 0 Å². The molecular formula is C24H21FN2O2S. The molecule has 0 aromatic heterocycles. The van der Waals surface area contributed by atoms with Gasteiger partial charge in [0.05, 0.1) is 11.0 Å². The Hall–Kier alpha value is -3.12. The second-order valence-corrected chi connectivity index (χ2v) is 8.53. The number of halogens is 1. The van der Waals surface area contributed by atoms with Gasteiger partial charge in [-0.3, -0.25) is 9.59 Å². The number of hydrogen-bond acceptors (Lipinski definition) is 3. The highest BCUT2D eigenvalue weighted by molar-refractivity contribution is 8.01. The minimum absolute atomic E-state index is 0.128. The number of fused-ring (bicyclic) bond motifs is 3. The van der Waals surface area contributed by atoms with Gasteiger partial charge in [-0.25, -0.2) is 4.39 Å². The van der Waals surface area contributed by atoms with Gasteiger partial charge in [-0.2, -0.15) is 0 Å². The van der Waals surface area contributed by atoms with Crippen molar-refractivity contribution in [3.05, 3.63) is 83.7 Å². The molecule has 0 heterocycles. The highest BCUT2D eigenvalue weighted by Crippen LogP contribution is 2.37. The molecule has 0 bridgehead atoms. The Morgan fingerprint density at radius 1 is 0.933 bits per heavy atom. The first-order chi connectivity index (χ1) is 14.5. The molecule has 3 aromatic carbocycles. The summed E-state index contributed by atoms with van der Waals surface area (Å²) in [6, 6.07) is 19.8. The summed E-state index contributed by atoms with van der Waals surface area (Å²) in [6.45, 7) is 1.77. The Morgan fingerprint density at radius 2 is 1.63 bits per heavy atom. The lowest BCUT2D eigenvalue weighted by Crippen LogP contribution is -2.25. The Kier molecular flexibility index (Phi) is 5.86. The predicted molar refractivity (Wildman–Crippen MR) is 120 cm³/mol. The monoisotopic (exact) mass is 420 g/mol. The van der Waals surface area contributed by atoms with E-state index in [-0.39, 0.29) is 23.4 Å².